The number of carbonyl (C=O) groups is 2. The van der Waals surface area contributed by atoms with E-state index in [1.807, 2.05) is 0 Å². The molecule has 0 saturated carbocycles. The van der Waals surface area contributed by atoms with Crippen LogP contribution in [-0.4, -0.2) is 39.2 Å². The first-order valence-electron chi connectivity index (χ1n) is 5.89. The molecule has 20 heavy (non-hydrogen) atoms. The number of carboxylic acids is 2. The van der Waals surface area contributed by atoms with Crippen molar-refractivity contribution in [3.8, 4) is 0 Å². The topological polar surface area (TPSA) is 93.1 Å². The Morgan fingerprint density at radius 1 is 1.15 bits per heavy atom. The molecule has 1 aromatic carbocycles. The maximum absolute atomic E-state index is 11.2. The van der Waals surface area contributed by atoms with Gasteiger partial charge in [0.25, 0.3) is 0 Å². The maximum atomic E-state index is 11.2. The first kappa shape index (κ1) is 15.0. The zero-order valence-corrected chi connectivity index (χ0v) is 12.1. The number of alkyl halides is 1. The second kappa shape index (κ2) is 5.51. The molecule has 1 aromatic rings. The molecule has 1 fully saturated rings. The van der Waals surface area contributed by atoms with Gasteiger partial charge in [-0.15, -0.1) is 0 Å². The van der Waals surface area contributed by atoms with E-state index in [0.717, 1.165) is 0 Å². The van der Waals surface area contributed by atoms with Crippen molar-refractivity contribution in [3.05, 3.63) is 35.9 Å². The Balaban J connectivity index is 2.46. The normalized spacial score (nSPS) is 26.1. The lowest BCUT2D eigenvalue weighted by molar-refractivity contribution is -0.191. The summed E-state index contributed by atoms with van der Waals surface area (Å²) in [4.78, 5) is 21.9. The highest BCUT2D eigenvalue weighted by atomic mass is 79.9. The van der Waals surface area contributed by atoms with Crippen molar-refractivity contribution < 1.29 is 29.3 Å². The molecule has 2 N–H and O–H groups in total. The Morgan fingerprint density at radius 3 is 1.95 bits per heavy atom. The van der Waals surface area contributed by atoms with Crippen LogP contribution in [0.5, 0.6) is 0 Å². The van der Waals surface area contributed by atoms with Gasteiger partial charge in [-0.3, -0.25) is 0 Å². The first-order valence-corrected chi connectivity index (χ1v) is 6.81. The standard InChI is InChI=1S/C13H13BrO6/c1-7(14)13(8-5-3-2-4-6-8)19-9(11(15)16)10(20-13)12(17)18/h2-7,9-10H,1H3,(H,15,16)(H,17,18)/t7?,9-,10-/m1/s1. The van der Waals surface area contributed by atoms with E-state index in [1.165, 1.54) is 0 Å². The highest BCUT2D eigenvalue weighted by molar-refractivity contribution is 9.09. The minimum atomic E-state index is -1.56. The molecule has 1 saturated heterocycles. The van der Waals surface area contributed by atoms with E-state index < -0.39 is 34.8 Å². The van der Waals surface area contributed by atoms with Crippen molar-refractivity contribution in [2.24, 2.45) is 0 Å². The van der Waals surface area contributed by atoms with Crippen LogP contribution in [0.3, 0.4) is 0 Å². The van der Waals surface area contributed by atoms with E-state index in [9.17, 15) is 9.59 Å². The van der Waals surface area contributed by atoms with Gasteiger partial charge in [0.1, 0.15) is 0 Å². The third kappa shape index (κ3) is 2.44. The van der Waals surface area contributed by atoms with Crippen LogP contribution in [0, 0.1) is 0 Å². The van der Waals surface area contributed by atoms with E-state index in [2.05, 4.69) is 15.9 Å². The number of carboxylic acid groups (broad SMARTS) is 2. The number of aliphatic carboxylic acids is 2. The molecule has 0 aromatic heterocycles. The Hall–Kier alpha value is -1.44. The van der Waals surface area contributed by atoms with Crippen LogP contribution in [0.4, 0.5) is 0 Å². The van der Waals surface area contributed by atoms with Crippen molar-refractivity contribution in [1.29, 1.82) is 0 Å². The molecule has 108 valence electrons. The molecule has 1 aliphatic heterocycles. The summed E-state index contributed by atoms with van der Waals surface area (Å²) >= 11 is 3.31. The molecule has 0 bridgehead atoms. The van der Waals surface area contributed by atoms with Gasteiger partial charge in [-0.25, -0.2) is 9.59 Å². The van der Waals surface area contributed by atoms with Gasteiger partial charge in [0, 0.05) is 5.56 Å². The summed E-state index contributed by atoms with van der Waals surface area (Å²) in [6.45, 7) is 1.70. The summed E-state index contributed by atoms with van der Waals surface area (Å²) in [6.07, 6.45) is -3.12. The van der Waals surface area contributed by atoms with E-state index in [1.54, 1.807) is 37.3 Å². The van der Waals surface area contributed by atoms with Crippen LogP contribution < -0.4 is 0 Å². The summed E-state index contributed by atoms with van der Waals surface area (Å²) < 4.78 is 11.0. The Labute approximate surface area is 123 Å². The van der Waals surface area contributed by atoms with Gasteiger partial charge in [-0.05, 0) is 6.92 Å². The molecule has 1 unspecified atom stereocenters. The summed E-state index contributed by atoms with van der Waals surface area (Å²) in [5.41, 5.74) is 0.555. The fourth-order valence-electron chi connectivity index (χ4n) is 2.11. The summed E-state index contributed by atoms with van der Waals surface area (Å²) in [6, 6.07) is 8.66. The van der Waals surface area contributed by atoms with Crippen LogP contribution in [0.1, 0.15) is 12.5 Å². The Bertz CT molecular complexity index is 493. The Morgan fingerprint density at radius 2 is 1.60 bits per heavy atom. The molecule has 0 amide bonds. The molecule has 6 nitrogen and oxygen atoms in total. The number of hydrogen-bond acceptors (Lipinski definition) is 4. The van der Waals surface area contributed by atoms with Crippen molar-refractivity contribution in [2.45, 2.75) is 29.7 Å². The van der Waals surface area contributed by atoms with Gasteiger partial charge < -0.3 is 19.7 Å². The predicted molar refractivity (Wildman–Crippen MR) is 71.5 cm³/mol. The molecule has 0 radical (unpaired) electrons. The number of hydrogen-bond donors (Lipinski definition) is 2. The average Bonchev–Trinajstić information content (AvgIpc) is 2.82. The molecule has 1 heterocycles. The van der Waals surface area contributed by atoms with Crippen molar-refractivity contribution in [3.63, 3.8) is 0 Å². The zero-order chi connectivity index (χ0) is 14.9. The van der Waals surface area contributed by atoms with E-state index >= 15 is 0 Å². The molecular weight excluding hydrogens is 332 g/mol. The van der Waals surface area contributed by atoms with E-state index in [0.29, 0.717) is 5.56 Å². The lowest BCUT2D eigenvalue weighted by Crippen LogP contribution is -2.37. The number of ether oxygens (including phenoxy) is 2. The summed E-state index contributed by atoms with van der Waals surface area (Å²) in [5.74, 6) is -4.19. The SMILES string of the molecule is CC(Br)C1(c2ccccc2)O[C@@H](C(=O)O)[C@H](C(=O)O)O1. The molecular formula is C13H13BrO6. The molecule has 7 heteroatoms. The van der Waals surface area contributed by atoms with Gasteiger partial charge in [-0.1, -0.05) is 46.3 Å². The fraction of sp³-hybridized carbons (Fsp3) is 0.385. The van der Waals surface area contributed by atoms with Gasteiger partial charge in [0.15, 0.2) is 12.2 Å². The molecule has 2 rings (SSSR count). The van der Waals surface area contributed by atoms with Crippen LogP contribution in [-0.2, 0) is 24.8 Å². The lowest BCUT2D eigenvalue weighted by atomic mass is 10.0. The average molecular weight is 345 g/mol. The summed E-state index contributed by atoms with van der Waals surface area (Å²) in [7, 11) is 0. The molecule has 0 spiro atoms. The predicted octanol–water partition coefficient (Wildman–Crippen LogP) is 1.58. The summed E-state index contributed by atoms with van der Waals surface area (Å²) in [5, 5.41) is 18.2. The number of benzene rings is 1. The van der Waals surface area contributed by atoms with Crippen LogP contribution >= 0.6 is 15.9 Å². The van der Waals surface area contributed by atoms with Crippen molar-refractivity contribution >= 4 is 27.9 Å². The fourth-order valence-corrected chi connectivity index (χ4v) is 2.59. The van der Waals surface area contributed by atoms with Gasteiger partial charge in [0.05, 0.1) is 4.83 Å². The quantitative estimate of drug-likeness (QED) is 0.805. The van der Waals surface area contributed by atoms with E-state index in [-0.39, 0.29) is 0 Å². The zero-order valence-electron chi connectivity index (χ0n) is 10.5. The third-order valence-corrected chi connectivity index (χ3v) is 3.67. The largest absolute Gasteiger partial charge is 0.479 e. The highest BCUT2D eigenvalue weighted by Gasteiger charge is 2.56. The van der Waals surface area contributed by atoms with Gasteiger partial charge in [-0.2, -0.15) is 0 Å². The number of rotatable bonds is 4. The first-order chi connectivity index (χ1) is 9.38. The second-order valence-electron chi connectivity index (χ2n) is 4.40. The molecule has 0 aliphatic carbocycles. The van der Waals surface area contributed by atoms with Crippen LogP contribution in [0.15, 0.2) is 30.3 Å². The molecule has 1 aliphatic rings. The monoisotopic (exact) mass is 344 g/mol. The lowest BCUT2D eigenvalue weighted by Gasteiger charge is -2.31. The van der Waals surface area contributed by atoms with Crippen molar-refractivity contribution in [2.75, 3.05) is 0 Å². The third-order valence-electron chi connectivity index (χ3n) is 3.07. The van der Waals surface area contributed by atoms with Crippen molar-refractivity contribution in [1.82, 2.24) is 0 Å². The maximum Gasteiger partial charge on any atom is 0.336 e. The smallest absolute Gasteiger partial charge is 0.336 e. The van der Waals surface area contributed by atoms with Gasteiger partial charge in [0.2, 0.25) is 5.79 Å². The van der Waals surface area contributed by atoms with Crippen LogP contribution in [0.2, 0.25) is 0 Å². The minimum absolute atomic E-state index is 0.441. The van der Waals surface area contributed by atoms with Gasteiger partial charge >= 0.3 is 11.9 Å². The second-order valence-corrected chi connectivity index (χ2v) is 5.78. The minimum Gasteiger partial charge on any atom is -0.479 e. The van der Waals surface area contributed by atoms with E-state index in [4.69, 9.17) is 19.7 Å². The van der Waals surface area contributed by atoms with Crippen LogP contribution in [0.25, 0.3) is 0 Å². The Kier molecular flexibility index (Phi) is 4.12. The highest BCUT2D eigenvalue weighted by Crippen LogP contribution is 2.43. The molecule has 3 atom stereocenters. The number of halogens is 1.